The number of nitrogens with zero attached hydrogens (tertiary/aromatic N) is 3. The molecule has 18 heavy (non-hydrogen) atoms. The molecule has 0 amide bonds. The summed E-state index contributed by atoms with van der Waals surface area (Å²) in [6.07, 6.45) is 5.08. The number of hydrogen-bond acceptors (Lipinski definition) is 4. The van der Waals surface area contributed by atoms with E-state index < -0.39 is 0 Å². The maximum absolute atomic E-state index is 5.80. The quantitative estimate of drug-likeness (QED) is 0.911. The molecule has 1 N–H and O–H groups in total. The minimum Gasteiger partial charge on any atom is -0.352 e. The summed E-state index contributed by atoms with van der Waals surface area (Å²) >= 11 is 5.80. The highest BCUT2D eigenvalue weighted by Crippen LogP contribution is 2.31. The van der Waals surface area contributed by atoms with Gasteiger partial charge >= 0.3 is 0 Å². The molecule has 5 heteroatoms. The summed E-state index contributed by atoms with van der Waals surface area (Å²) in [5.74, 6) is 0.952. The normalized spacial score (nSPS) is 30.4. The van der Waals surface area contributed by atoms with E-state index in [0.29, 0.717) is 23.3 Å². The van der Waals surface area contributed by atoms with Gasteiger partial charge in [0.05, 0.1) is 0 Å². The Bertz CT molecular complexity index is 396. The van der Waals surface area contributed by atoms with Gasteiger partial charge in [-0.2, -0.15) is 0 Å². The van der Waals surface area contributed by atoms with E-state index in [4.69, 9.17) is 11.6 Å². The standard InChI is InChI=1S/C13H19ClN4/c1-2-18(13-6-5-12(14)16-17-13)11-7-9-3-4-10(8-11)15-9/h5-6,9-11,15H,2-4,7-8H2,1H3. The fraction of sp³-hybridized carbons (Fsp3) is 0.692. The molecule has 2 bridgehead atoms. The monoisotopic (exact) mass is 266 g/mol. The van der Waals surface area contributed by atoms with Crippen molar-refractivity contribution in [1.82, 2.24) is 15.5 Å². The van der Waals surface area contributed by atoms with E-state index in [1.807, 2.05) is 12.1 Å². The summed E-state index contributed by atoms with van der Waals surface area (Å²) in [6.45, 7) is 3.15. The fourth-order valence-electron chi connectivity index (χ4n) is 3.35. The van der Waals surface area contributed by atoms with E-state index in [1.165, 1.54) is 25.7 Å². The van der Waals surface area contributed by atoms with Crippen LogP contribution in [0.4, 0.5) is 5.82 Å². The van der Waals surface area contributed by atoms with Crippen molar-refractivity contribution in [2.45, 2.75) is 50.7 Å². The topological polar surface area (TPSA) is 41.1 Å². The Kier molecular flexibility index (Phi) is 3.39. The smallest absolute Gasteiger partial charge is 0.151 e. The molecule has 3 heterocycles. The molecular weight excluding hydrogens is 248 g/mol. The Labute approximate surface area is 113 Å². The maximum Gasteiger partial charge on any atom is 0.151 e. The lowest BCUT2D eigenvalue weighted by atomic mass is 9.98. The van der Waals surface area contributed by atoms with E-state index >= 15 is 0 Å². The number of aromatic nitrogens is 2. The van der Waals surface area contributed by atoms with E-state index in [0.717, 1.165) is 12.4 Å². The molecule has 1 aromatic rings. The van der Waals surface area contributed by atoms with Crippen LogP contribution in [0, 0.1) is 0 Å². The average Bonchev–Trinajstić information content (AvgIpc) is 2.72. The van der Waals surface area contributed by atoms with Gasteiger partial charge in [0.25, 0.3) is 0 Å². The molecule has 2 aliphatic rings. The van der Waals surface area contributed by atoms with Crippen molar-refractivity contribution < 1.29 is 0 Å². The van der Waals surface area contributed by atoms with Crippen molar-refractivity contribution in [2.24, 2.45) is 0 Å². The summed E-state index contributed by atoms with van der Waals surface area (Å²) in [7, 11) is 0. The highest BCUT2D eigenvalue weighted by molar-refractivity contribution is 6.29. The van der Waals surface area contributed by atoms with Gasteiger partial charge in [0, 0.05) is 24.7 Å². The second kappa shape index (κ2) is 5.02. The van der Waals surface area contributed by atoms with Crippen LogP contribution in [0.15, 0.2) is 12.1 Å². The van der Waals surface area contributed by atoms with Gasteiger partial charge in [-0.3, -0.25) is 0 Å². The van der Waals surface area contributed by atoms with Crippen molar-refractivity contribution in [2.75, 3.05) is 11.4 Å². The Morgan fingerprint density at radius 1 is 1.28 bits per heavy atom. The summed E-state index contributed by atoms with van der Waals surface area (Å²) in [4.78, 5) is 2.37. The van der Waals surface area contributed by atoms with Crippen LogP contribution in [0.3, 0.4) is 0 Å². The Hall–Kier alpha value is -0.870. The number of rotatable bonds is 3. The zero-order chi connectivity index (χ0) is 12.5. The van der Waals surface area contributed by atoms with Crippen LogP contribution in [0.5, 0.6) is 0 Å². The van der Waals surface area contributed by atoms with Gasteiger partial charge in [0.2, 0.25) is 0 Å². The molecule has 2 atom stereocenters. The van der Waals surface area contributed by atoms with Gasteiger partial charge in [-0.25, -0.2) is 0 Å². The molecule has 0 saturated carbocycles. The number of hydrogen-bond donors (Lipinski definition) is 1. The molecule has 0 spiro atoms. The van der Waals surface area contributed by atoms with Crippen LogP contribution >= 0.6 is 11.6 Å². The van der Waals surface area contributed by atoms with Gasteiger partial charge in [0.15, 0.2) is 11.0 Å². The Morgan fingerprint density at radius 3 is 2.56 bits per heavy atom. The first-order valence-corrected chi connectivity index (χ1v) is 7.16. The van der Waals surface area contributed by atoms with E-state index in [9.17, 15) is 0 Å². The third-order valence-corrected chi connectivity index (χ3v) is 4.34. The van der Waals surface area contributed by atoms with Crippen LogP contribution in [0.2, 0.25) is 5.15 Å². The molecular formula is C13H19ClN4. The summed E-state index contributed by atoms with van der Waals surface area (Å²) in [6, 6.07) is 5.78. The third kappa shape index (κ3) is 2.31. The summed E-state index contributed by atoms with van der Waals surface area (Å²) < 4.78 is 0. The minimum atomic E-state index is 0.459. The highest BCUT2D eigenvalue weighted by Gasteiger charge is 2.36. The molecule has 2 unspecified atom stereocenters. The van der Waals surface area contributed by atoms with Crippen molar-refractivity contribution in [3.05, 3.63) is 17.3 Å². The zero-order valence-electron chi connectivity index (χ0n) is 10.6. The molecule has 2 saturated heterocycles. The SMILES string of the molecule is CCN(c1ccc(Cl)nn1)C1CC2CCC(C1)N2. The first-order chi connectivity index (χ1) is 8.76. The molecule has 98 valence electrons. The molecule has 0 aromatic carbocycles. The predicted molar refractivity (Wildman–Crippen MR) is 73.0 cm³/mol. The van der Waals surface area contributed by atoms with Crippen LogP contribution in [0.1, 0.15) is 32.6 Å². The first-order valence-electron chi connectivity index (χ1n) is 6.78. The van der Waals surface area contributed by atoms with Gasteiger partial charge in [-0.1, -0.05) is 11.6 Å². The van der Waals surface area contributed by atoms with Crippen LogP contribution in [-0.2, 0) is 0 Å². The molecule has 1 aromatic heterocycles. The highest BCUT2D eigenvalue weighted by atomic mass is 35.5. The van der Waals surface area contributed by atoms with E-state index in [2.05, 4.69) is 27.3 Å². The summed E-state index contributed by atoms with van der Waals surface area (Å²) in [5.41, 5.74) is 0. The first kappa shape index (κ1) is 12.2. The lowest BCUT2D eigenvalue weighted by molar-refractivity contribution is 0.347. The number of nitrogens with one attached hydrogen (secondary N) is 1. The second-order valence-electron chi connectivity index (χ2n) is 5.26. The van der Waals surface area contributed by atoms with Crippen molar-refractivity contribution >= 4 is 17.4 Å². The lowest BCUT2D eigenvalue weighted by Gasteiger charge is -2.37. The van der Waals surface area contributed by atoms with Crippen molar-refractivity contribution in [3.8, 4) is 0 Å². The number of anilines is 1. The number of fused-ring (bicyclic) bond motifs is 2. The second-order valence-corrected chi connectivity index (χ2v) is 5.65. The zero-order valence-corrected chi connectivity index (χ0v) is 11.4. The van der Waals surface area contributed by atoms with Crippen LogP contribution < -0.4 is 10.2 Å². The molecule has 4 nitrogen and oxygen atoms in total. The molecule has 2 fully saturated rings. The largest absolute Gasteiger partial charge is 0.352 e. The Balaban J connectivity index is 1.77. The minimum absolute atomic E-state index is 0.459. The van der Waals surface area contributed by atoms with Crippen molar-refractivity contribution in [3.63, 3.8) is 0 Å². The summed E-state index contributed by atoms with van der Waals surface area (Å²) in [5, 5.41) is 12.3. The van der Waals surface area contributed by atoms with Gasteiger partial charge in [-0.15, -0.1) is 10.2 Å². The fourth-order valence-corrected chi connectivity index (χ4v) is 3.45. The van der Waals surface area contributed by atoms with Gasteiger partial charge < -0.3 is 10.2 Å². The molecule has 0 aliphatic carbocycles. The third-order valence-electron chi connectivity index (χ3n) is 4.14. The van der Waals surface area contributed by atoms with E-state index in [-0.39, 0.29) is 0 Å². The molecule has 3 rings (SSSR count). The maximum atomic E-state index is 5.80. The van der Waals surface area contributed by atoms with Crippen LogP contribution in [0.25, 0.3) is 0 Å². The van der Waals surface area contributed by atoms with Crippen molar-refractivity contribution in [1.29, 1.82) is 0 Å². The van der Waals surface area contributed by atoms with Gasteiger partial charge in [-0.05, 0) is 44.7 Å². The van der Waals surface area contributed by atoms with E-state index in [1.54, 1.807) is 0 Å². The molecule has 2 aliphatic heterocycles. The molecule has 0 radical (unpaired) electrons. The van der Waals surface area contributed by atoms with Gasteiger partial charge in [0.1, 0.15) is 0 Å². The Morgan fingerprint density at radius 2 is 2.00 bits per heavy atom. The predicted octanol–water partition coefficient (Wildman–Crippen LogP) is 2.24. The average molecular weight is 267 g/mol. The lowest BCUT2D eigenvalue weighted by Crippen LogP contribution is -2.48. The number of piperidine rings is 1. The number of halogens is 1. The van der Waals surface area contributed by atoms with Crippen LogP contribution in [-0.4, -0.2) is 34.9 Å².